The van der Waals surface area contributed by atoms with Crippen LogP contribution >= 0.6 is 15.9 Å². The lowest BCUT2D eigenvalue weighted by Gasteiger charge is -2.13. The zero-order chi connectivity index (χ0) is 12.5. The number of hydrogen-bond acceptors (Lipinski definition) is 3. The zero-order valence-corrected chi connectivity index (χ0v) is 11.7. The number of hydrogen-bond donors (Lipinski definition) is 2. The second-order valence-corrected chi connectivity index (χ2v) is 4.91. The van der Waals surface area contributed by atoms with Crippen LogP contribution in [-0.2, 0) is 4.74 Å². The molecule has 0 radical (unpaired) electrons. The van der Waals surface area contributed by atoms with Crippen LogP contribution in [0.1, 0.15) is 18.4 Å². The number of aliphatic hydroxyl groups excluding tert-OH is 1. The van der Waals surface area contributed by atoms with Crippen LogP contribution in [0.3, 0.4) is 0 Å². The molecule has 0 aliphatic rings. The molecule has 0 aliphatic heterocycles. The first-order valence-electron chi connectivity index (χ1n) is 5.89. The van der Waals surface area contributed by atoms with Gasteiger partial charge in [-0.05, 0) is 23.6 Å². The van der Waals surface area contributed by atoms with Crippen molar-refractivity contribution in [2.24, 2.45) is 0 Å². The number of nitrogens with one attached hydrogen (secondary N) is 1. The number of aliphatic hydroxyl groups is 1. The highest BCUT2D eigenvalue weighted by molar-refractivity contribution is 9.10. The summed E-state index contributed by atoms with van der Waals surface area (Å²) >= 11 is 3.48. The van der Waals surface area contributed by atoms with Gasteiger partial charge in [0.05, 0.1) is 19.8 Å². The minimum atomic E-state index is 0.0917. The van der Waals surface area contributed by atoms with Gasteiger partial charge in [-0.1, -0.05) is 35.0 Å². The van der Waals surface area contributed by atoms with Gasteiger partial charge in [-0.2, -0.15) is 0 Å². The first-order chi connectivity index (χ1) is 8.24. The number of benzene rings is 1. The molecule has 2 N–H and O–H groups in total. The first kappa shape index (κ1) is 14.6. The summed E-state index contributed by atoms with van der Waals surface area (Å²) in [5, 5.41) is 11.9. The van der Waals surface area contributed by atoms with E-state index in [9.17, 15) is 0 Å². The van der Waals surface area contributed by atoms with Crippen molar-refractivity contribution in [1.82, 2.24) is 5.32 Å². The van der Waals surface area contributed by atoms with Crippen LogP contribution in [0.5, 0.6) is 0 Å². The molecule has 3 nitrogen and oxygen atoms in total. The standard InChI is InChI=1S/C13H20BrNO2/c1-11(10-15-5-7-17-8-6-16)12-3-2-4-13(14)9-12/h2-4,9,11,15-16H,5-8,10H2,1H3. The van der Waals surface area contributed by atoms with Crippen LogP contribution in [0, 0.1) is 0 Å². The fourth-order valence-electron chi connectivity index (χ4n) is 1.56. The molecule has 4 heteroatoms. The summed E-state index contributed by atoms with van der Waals surface area (Å²) in [5.74, 6) is 0.477. The van der Waals surface area contributed by atoms with Gasteiger partial charge in [0.15, 0.2) is 0 Å². The lowest BCUT2D eigenvalue weighted by atomic mass is 10.0. The average molecular weight is 302 g/mol. The van der Waals surface area contributed by atoms with Crippen molar-refractivity contribution in [2.75, 3.05) is 32.9 Å². The molecule has 0 aromatic heterocycles. The van der Waals surface area contributed by atoms with Crippen molar-refractivity contribution in [3.63, 3.8) is 0 Å². The molecule has 17 heavy (non-hydrogen) atoms. The van der Waals surface area contributed by atoms with Crippen LogP contribution < -0.4 is 5.32 Å². The van der Waals surface area contributed by atoms with Gasteiger partial charge in [0.1, 0.15) is 0 Å². The number of halogens is 1. The Balaban J connectivity index is 2.19. The molecule has 1 atom stereocenters. The molecule has 0 heterocycles. The molecular formula is C13H20BrNO2. The quantitative estimate of drug-likeness (QED) is 0.723. The third kappa shape index (κ3) is 6.17. The largest absolute Gasteiger partial charge is 0.394 e. The molecule has 0 aliphatic carbocycles. The third-order valence-electron chi connectivity index (χ3n) is 2.53. The van der Waals surface area contributed by atoms with E-state index in [4.69, 9.17) is 9.84 Å². The van der Waals surface area contributed by atoms with Crippen LogP contribution in [0.2, 0.25) is 0 Å². The van der Waals surface area contributed by atoms with E-state index in [2.05, 4.69) is 46.4 Å². The van der Waals surface area contributed by atoms with E-state index >= 15 is 0 Å². The summed E-state index contributed by atoms with van der Waals surface area (Å²) in [6, 6.07) is 8.38. The molecule has 0 saturated heterocycles. The SMILES string of the molecule is CC(CNCCOCCO)c1cccc(Br)c1. The van der Waals surface area contributed by atoms with Crippen molar-refractivity contribution in [2.45, 2.75) is 12.8 Å². The van der Waals surface area contributed by atoms with Crippen molar-refractivity contribution in [1.29, 1.82) is 0 Å². The molecule has 0 bridgehead atoms. The minimum absolute atomic E-state index is 0.0917. The summed E-state index contributed by atoms with van der Waals surface area (Å²) in [7, 11) is 0. The Morgan fingerprint density at radius 3 is 2.94 bits per heavy atom. The van der Waals surface area contributed by atoms with Crippen LogP contribution in [0.15, 0.2) is 28.7 Å². The van der Waals surface area contributed by atoms with Gasteiger partial charge in [0.25, 0.3) is 0 Å². The Hall–Kier alpha value is -0.420. The highest BCUT2D eigenvalue weighted by Crippen LogP contribution is 2.18. The Morgan fingerprint density at radius 2 is 2.24 bits per heavy atom. The van der Waals surface area contributed by atoms with Gasteiger partial charge in [-0.3, -0.25) is 0 Å². The predicted molar refractivity (Wildman–Crippen MR) is 73.3 cm³/mol. The van der Waals surface area contributed by atoms with E-state index in [-0.39, 0.29) is 6.61 Å². The molecule has 0 spiro atoms. The first-order valence-corrected chi connectivity index (χ1v) is 6.68. The molecule has 1 unspecified atom stereocenters. The molecule has 0 saturated carbocycles. The van der Waals surface area contributed by atoms with Crippen molar-refractivity contribution in [3.8, 4) is 0 Å². The Kier molecular flexibility index (Phi) is 7.44. The van der Waals surface area contributed by atoms with Crippen LogP contribution in [0.25, 0.3) is 0 Å². The Labute approximate surface area is 111 Å². The molecular weight excluding hydrogens is 282 g/mol. The van der Waals surface area contributed by atoms with Gasteiger partial charge in [0, 0.05) is 17.6 Å². The maximum absolute atomic E-state index is 8.54. The maximum atomic E-state index is 8.54. The Morgan fingerprint density at radius 1 is 1.41 bits per heavy atom. The van der Waals surface area contributed by atoms with Crippen LogP contribution in [0.4, 0.5) is 0 Å². The van der Waals surface area contributed by atoms with Gasteiger partial charge in [-0.15, -0.1) is 0 Å². The van der Waals surface area contributed by atoms with E-state index < -0.39 is 0 Å². The van der Waals surface area contributed by atoms with Gasteiger partial charge >= 0.3 is 0 Å². The summed E-state index contributed by atoms with van der Waals surface area (Å²) in [4.78, 5) is 0. The second kappa shape index (κ2) is 8.64. The van der Waals surface area contributed by atoms with Crippen LogP contribution in [-0.4, -0.2) is 38.0 Å². The summed E-state index contributed by atoms with van der Waals surface area (Å²) in [6.45, 7) is 5.10. The highest BCUT2D eigenvalue weighted by Gasteiger charge is 2.04. The normalized spacial score (nSPS) is 12.6. The minimum Gasteiger partial charge on any atom is -0.394 e. The lowest BCUT2D eigenvalue weighted by molar-refractivity contribution is 0.0938. The van der Waals surface area contributed by atoms with Gasteiger partial charge in [0.2, 0.25) is 0 Å². The maximum Gasteiger partial charge on any atom is 0.0698 e. The predicted octanol–water partition coefficient (Wildman–Crippen LogP) is 2.15. The molecule has 1 aromatic rings. The molecule has 96 valence electrons. The van der Waals surface area contributed by atoms with Crippen molar-refractivity contribution >= 4 is 15.9 Å². The molecule has 0 fully saturated rings. The molecule has 1 rings (SSSR count). The van der Waals surface area contributed by atoms with E-state index in [1.807, 2.05) is 6.07 Å². The lowest BCUT2D eigenvalue weighted by Crippen LogP contribution is -2.24. The van der Waals surface area contributed by atoms with E-state index in [0.717, 1.165) is 17.6 Å². The fourth-order valence-corrected chi connectivity index (χ4v) is 1.98. The summed E-state index contributed by atoms with van der Waals surface area (Å²) in [6.07, 6.45) is 0. The third-order valence-corrected chi connectivity index (χ3v) is 3.02. The van der Waals surface area contributed by atoms with Crippen molar-refractivity contribution < 1.29 is 9.84 Å². The topological polar surface area (TPSA) is 41.5 Å². The van der Waals surface area contributed by atoms with Gasteiger partial charge in [-0.25, -0.2) is 0 Å². The van der Waals surface area contributed by atoms with E-state index in [0.29, 0.717) is 19.1 Å². The summed E-state index contributed by atoms with van der Waals surface area (Å²) < 4.78 is 6.29. The van der Waals surface area contributed by atoms with E-state index in [1.165, 1.54) is 5.56 Å². The smallest absolute Gasteiger partial charge is 0.0698 e. The number of ether oxygens (including phenoxy) is 1. The zero-order valence-electron chi connectivity index (χ0n) is 10.2. The molecule has 0 amide bonds. The second-order valence-electron chi connectivity index (χ2n) is 4.00. The Bertz CT molecular complexity index is 320. The van der Waals surface area contributed by atoms with Gasteiger partial charge < -0.3 is 15.2 Å². The fraction of sp³-hybridized carbons (Fsp3) is 0.538. The van der Waals surface area contributed by atoms with E-state index in [1.54, 1.807) is 0 Å². The van der Waals surface area contributed by atoms with Crippen molar-refractivity contribution in [3.05, 3.63) is 34.3 Å². The number of rotatable bonds is 8. The average Bonchev–Trinajstić information content (AvgIpc) is 2.33. The summed E-state index contributed by atoms with van der Waals surface area (Å²) in [5.41, 5.74) is 1.32. The monoisotopic (exact) mass is 301 g/mol. The highest BCUT2D eigenvalue weighted by atomic mass is 79.9. The molecule has 1 aromatic carbocycles.